The van der Waals surface area contributed by atoms with Crippen molar-refractivity contribution in [2.45, 2.75) is 31.2 Å². The van der Waals surface area contributed by atoms with E-state index in [0.717, 1.165) is 18.8 Å². The molecule has 0 atom stereocenters. The van der Waals surface area contributed by atoms with Crippen LogP contribution in [0.3, 0.4) is 0 Å². The summed E-state index contributed by atoms with van der Waals surface area (Å²) in [4.78, 5) is 14.4. The fraction of sp³-hybridized carbons (Fsp3) is 0.500. The molecule has 1 aromatic rings. The van der Waals surface area contributed by atoms with Crippen LogP contribution in [0.4, 0.5) is 0 Å². The third-order valence-electron chi connectivity index (χ3n) is 3.07. The van der Waals surface area contributed by atoms with Crippen LogP contribution in [-0.2, 0) is 4.79 Å². The Bertz CT molecular complexity index is 379. The highest BCUT2D eigenvalue weighted by Crippen LogP contribution is 2.20. The van der Waals surface area contributed by atoms with Gasteiger partial charge in [-0.25, -0.2) is 0 Å². The number of nitrogens with zero attached hydrogens (tertiary/aromatic N) is 1. The molecule has 1 N–H and O–H groups in total. The van der Waals surface area contributed by atoms with Crippen LogP contribution in [0.5, 0.6) is 0 Å². The number of rotatable bonds is 7. The third kappa shape index (κ3) is 4.03. The molecule has 0 heterocycles. The maximum Gasteiger partial charge on any atom is 0.323 e. The van der Waals surface area contributed by atoms with Gasteiger partial charge in [0, 0.05) is 17.2 Å². The van der Waals surface area contributed by atoms with E-state index in [1.807, 2.05) is 30.0 Å². The third-order valence-corrected chi connectivity index (χ3v) is 4.06. The molecule has 0 unspecified atom stereocenters. The van der Waals surface area contributed by atoms with Crippen molar-refractivity contribution in [2.24, 2.45) is 0 Å². The van der Waals surface area contributed by atoms with Gasteiger partial charge in [-0.3, -0.25) is 9.69 Å². The SMILES string of the molecule is CCN(CCSc1ccccc1)C(C)(C)C(=O)O. The van der Waals surface area contributed by atoms with Crippen molar-refractivity contribution in [2.75, 3.05) is 18.8 Å². The molecule has 100 valence electrons. The Hall–Kier alpha value is -1.00. The quantitative estimate of drug-likeness (QED) is 0.771. The molecule has 0 saturated carbocycles. The molecule has 1 aromatic carbocycles. The molecule has 0 aromatic heterocycles. The molecule has 0 aliphatic rings. The molecule has 0 spiro atoms. The molecule has 4 heteroatoms. The lowest BCUT2D eigenvalue weighted by Gasteiger charge is -2.33. The van der Waals surface area contributed by atoms with Crippen molar-refractivity contribution >= 4 is 17.7 Å². The number of hydrogen-bond donors (Lipinski definition) is 1. The number of carboxylic acid groups (broad SMARTS) is 1. The predicted octanol–water partition coefficient (Wildman–Crippen LogP) is 2.96. The average Bonchev–Trinajstić information content (AvgIpc) is 2.35. The molecule has 0 bridgehead atoms. The highest BCUT2D eigenvalue weighted by molar-refractivity contribution is 7.99. The van der Waals surface area contributed by atoms with Gasteiger partial charge in [0.2, 0.25) is 0 Å². The molecular weight excluding hydrogens is 246 g/mol. The maximum absolute atomic E-state index is 11.2. The Morgan fingerprint density at radius 3 is 2.44 bits per heavy atom. The number of likely N-dealkylation sites (N-methyl/N-ethyl adjacent to an activating group) is 1. The first-order valence-corrected chi connectivity index (χ1v) is 7.13. The summed E-state index contributed by atoms with van der Waals surface area (Å²) >= 11 is 1.76. The van der Waals surface area contributed by atoms with Crippen LogP contribution < -0.4 is 0 Å². The second-order valence-corrected chi connectivity index (χ2v) is 5.77. The molecule has 18 heavy (non-hydrogen) atoms. The first-order valence-electron chi connectivity index (χ1n) is 6.14. The number of benzene rings is 1. The fourth-order valence-corrected chi connectivity index (χ4v) is 2.66. The van der Waals surface area contributed by atoms with E-state index in [2.05, 4.69) is 12.1 Å². The lowest BCUT2D eigenvalue weighted by atomic mass is 10.0. The Labute approximate surface area is 113 Å². The summed E-state index contributed by atoms with van der Waals surface area (Å²) in [5.74, 6) is 0.128. The van der Waals surface area contributed by atoms with Crippen LogP contribution in [0.25, 0.3) is 0 Å². The maximum atomic E-state index is 11.2. The number of carboxylic acids is 1. The van der Waals surface area contributed by atoms with Gasteiger partial charge in [0.1, 0.15) is 5.54 Å². The largest absolute Gasteiger partial charge is 0.480 e. The highest BCUT2D eigenvalue weighted by atomic mass is 32.2. The van der Waals surface area contributed by atoms with Crippen molar-refractivity contribution in [1.82, 2.24) is 4.90 Å². The zero-order valence-electron chi connectivity index (χ0n) is 11.2. The molecule has 0 aliphatic heterocycles. The van der Waals surface area contributed by atoms with Gasteiger partial charge in [-0.05, 0) is 32.5 Å². The Morgan fingerprint density at radius 1 is 1.33 bits per heavy atom. The lowest BCUT2D eigenvalue weighted by Crippen LogP contribution is -2.50. The van der Waals surface area contributed by atoms with Gasteiger partial charge in [-0.2, -0.15) is 0 Å². The first-order chi connectivity index (χ1) is 8.48. The van der Waals surface area contributed by atoms with Crippen LogP contribution in [0.1, 0.15) is 20.8 Å². The van der Waals surface area contributed by atoms with Crippen molar-refractivity contribution in [1.29, 1.82) is 0 Å². The summed E-state index contributed by atoms with van der Waals surface area (Å²) in [5.41, 5.74) is -0.800. The van der Waals surface area contributed by atoms with Crippen LogP contribution >= 0.6 is 11.8 Å². The molecule has 0 amide bonds. The van der Waals surface area contributed by atoms with Crippen LogP contribution in [0, 0.1) is 0 Å². The van der Waals surface area contributed by atoms with Gasteiger partial charge in [0.15, 0.2) is 0 Å². The smallest absolute Gasteiger partial charge is 0.323 e. The monoisotopic (exact) mass is 267 g/mol. The standard InChI is InChI=1S/C14H21NO2S/c1-4-15(14(2,3)13(16)17)10-11-18-12-8-6-5-7-9-12/h5-9H,4,10-11H2,1-3H3,(H,16,17). The lowest BCUT2D eigenvalue weighted by molar-refractivity contribution is -0.149. The highest BCUT2D eigenvalue weighted by Gasteiger charge is 2.32. The van der Waals surface area contributed by atoms with Crippen LogP contribution in [0.2, 0.25) is 0 Å². The van der Waals surface area contributed by atoms with Crippen molar-refractivity contribution in [3.63, 3.8) is 0 Å². The van der Waals surface area contributed by atoms with Gasteiger partial charge in [0.25, 0.3) is 0 Å². The Balaban J connectivity index is 2.48. The number of carbonyl (C=O) groups is 1. The number of thioether (sulfide) groups is 1. The van der Waals surface area contributed by atoms with E-state index in [0.29, 0.717) is 0 Å². The van der Waals surface area contributed by atoms with Crippen LogP contribution in [0.15, 0.2) is 35.2 Å². The molecule has 0 aliphatic carbocycles. The molecule has 0 saturated heterocycles. The fourth-order valence-electron chi connectivity index (χ4n) is 1.76. The zero-order chi connectivity index (χ0) is 13.6. The van der Waals surface area contributed by atoms with Crippen molar-refractivity contribution in [3.05, 3.63) is 30.3 Å². The summed E-state index contributed by atoms with van der Waals surface area (Å²) < 4.78 is 0. The van der Waals surface area contributed by atoms with Crippen LogP contribution in [-0.4, -0.2) is 40.4 Å². The average molecular weight is 267 g/mol. The van der Waals surface area contributed by atoms with E-state index >= 15 is 0 Å². The molecule has 1 rings (SSSR count). The normalized spacial score (nSPS) is 11.8. The second-order valence-electron chi connectivity index (χ2n) is 4.61. The van der Waals surface area contributed by atoms with E-state index in [1.54, 1.807) is 25.6 Å². The van der Waals surface area contributed by atoms with Gasteiger partial charge in [0.05, 0.1) is 0 Å². The van der Waals surface area contributed by atoms with E-state index in [-0.39, 0.29) is 0 Å². The summed E-state index contributed by atoms with van der Waals surface area (Å²) in [7, 11) is 0. The van der Waals surface area contributed by atoms with Crippen molar-refractivity contribution < 1.29 is 9.90 Å². The second kappa shape index (κ2) is 6.81. The van der Waals surface area contributed by atoms with E-state index in [1.165, 1.54) is 4.90 Å². The molecule has 0 radical (unpaired) electrons. The minimum atomic E-state index is -0.800. The summed E-state index contributed by atoms with van der Waals surface area (Å²) in [6.45, 7) is 7.03. The van der Waals surface area contributed by atoms with E-state index in [4.69, 9.17) is 0 Å². The minimum absolute atomic E-state index is 0.745. The summed E-state index contributed by atoms with van der Waals surface area (Å²) in [6.07, 6.45) is 0. The summed E-state index contributed by atoms with van der Waals surface area (Å²) in [6, 6.07) is 10.2. The van der Waals surface area contributed by atoms with E-state index in [9.17, 15) is 9.90 Å². The van der Waals surface area contributed by atoms with Crippen molar-refractivity contribution in [3.8, 4) is 0 Å². The first kappa shape index (κ1) is 15.1. The topological polar surface area (TPSA) is 40.5 Å². The van der Waals surface area contributed by atoms with Gasteiger partial charge < -0.3 is 5.11 Å². The minimum Gasteiger partial charge on any atom is -0.480 e. The van der Waals surface area contributed by atoms with Gasteiger partial charge in [-0.1, -0.05) is 25.1 Å². The molecule has 3 nitrogen and oxygen atoms in total. The zero-order valence-corrected chi connectivity index (χ0v) is 12.0. The van der Waals surface area contributed by atoms with Gasteiger partial charge in [-0.15, -0.1) is 11.8 Å². The Morgan fingerprint density at radius 2 is 1.94 bits per heavy atom. The van der Waals surface area contributed by atoms with E-state index < -0.39 is 11.5 Å². The number of hydrogen-bond acceptors (Lipinski definition) is 3. The van der Waals surface area contributed by atoms with Gasteiger partial charge >= 0.3 is 5.97 Å². The summed E-state index contributed by atoms with van der Waals surface area (Å²) in [5, 5.41) is 9.21. The number of aliphatic carboxylic acids is 1. The molecular formula is C14H21NO2S. The molecule has 0 fully saturated rings. The Kier molecular flexibility index (Phi) is 5.69. The predicted molar refractivity (Wildman–Crippen MR) is 76.1 cm³/mol.